The predicted molar refractivity (Wildman–Crippen MR) is 135 cm³/mol. The number of hydrogen-bond donors (Lipinski definition) is 1. The van der Waals surface area contributed by atoms with E-state index in [1.165, 1.54) is 24.5 Å². The maximum atomic E-state index is 14.6. The number of ether oxygens (including phenoxy) is 1. The van der Waals surface area contributed by atoms with Gasteiger partial charge in [0.2, 0.25) is 5.95 Å². The van der Waals surface area contributed by atoms with Gasteiger partial charge in [-0.1, -0.05) is 24.3 Å². The summed E-state index contributed by atoms with van der Waals surface area (Å²) in [5, 5.41) is 13.0. The van der Waals surface area contributed by atoms with E-state index in [9.17, 15) is 9.65 Å². The topological polar surface area (TPSA) is 78.5 Å². The average molecular weight is 483 g/mol. The highest BCUT2D eigenvalue weighted by atomic mass is 19.1. The lowest BCUT2D eigenvalue weighted by Gasteiger charge is -2.24. The van der Waals surface area contributed by atoms with Crippen molar-refractivity contribution < 1.29 is 9.13 Å². The van der Waals surface area contributed by atoms with Crippen molar-refractivity contribution in [3.8, 4) is 22.9 Å². The monoisotopic (exact) mass is 482 g/mol. The second-order valence-corrected chi connectivity index (χ2v) is 9.41. The molecule has 0 saturated carbocycles. The molecule has 1 atom stereocenters. The molecule has 8 heteroatoms. The fourth-order valence-corrected chi connectivity index (χ4v) is 5.39. The quantitative estimate of drug-likeness (QED) is 0.411. The molecular formula is C28H27FN6O. The highest BCUT2D eigenvalue weighted by molar-refractivity contribution is 5.84. The van der Waals surface area contributed by atoms with Gasteiger partial charge >= 0.3 is 0 Å². The van der Waals surface area contributed by atoms with Crippen LogP contribution in [0.25, 0.3) is 16.6 Å². The fourth-order valence-electron chi connectivity index (χ4n) is 5.39. The van der Waals surface area contributed by atoms with Gasteiger partial charge in [-0.05, 0) is 56.1 Å². The number of nitriles is 1. The number of imidazole rings is 1. The Morgan fingerprint density at radius 1 is 1.14 bits per heavy atom. The molecule has 1 saturated heterocycles. The number of aromatic nitrogens is 3. The van der Waals surface area contributed by atoms with Gasteiger partial charge in [-0.15, -0.1) is 0 Å². The highest BCUT2D eigenvalue weighted by Crippen LogP contribution is 2.33. The summed E-state index contributed by atoms with van der Waals surface area (Å²) in [6.45, 7) is 5.36. The smallest absolute Gasteiger partial charge is 0.209 e. The van der Waals surface area contributed by atoms with Crippen LogP contribution >= 0.6 is 0 Å². The fraction of sp³-hybridized carbons (Fsp3) is 0.321. The minimum Gasteiger partial charge on any atom is -0.493 e. The molecule has 4 aromatic rings. The molecule has 2 aromatic carbocycles. The summed E-state index contributed by atoms with van der Waals surface area (Å²) < 4.78 is 22.0. The van der Waals surface area contributed by atoms with Crippen LogP contribution in [0, 0.1) is 17.1 Å². The Kier molecular flexibility index (Phi) is 5.78. The van der Waals surface area contributed by atoms with Crippen LogP contribution in [0.1, 0.15) is 48.2 Å². The first-order valence-electron chi connectivity index (χ1n) is 12.4. The Morgan fingerprint density at radius 3 is 2.72 bits per heavy atom. The molecule has 1 unspecified atom stereocenters. The lowest BCUT2D eigenvalue weighted by molar-refractivity contribution is 0.263. The molecule has 7 nitrogen and oxygen atoms in total. The summed E-state index contributed by atoms with van der Waals surface area (Å²) in [6.07, 6.45) is 6.55. The molecule has 0 bridgehead atoms. The van der Waals surface area contributed by atoms with Crippen molar-refractivity contribution in [3.05, 3.63) is 77.1 Å². The highest BCUT2D eigenvalue weighted by Gasteiger charge is 2.22. The van der Waals surface area contributed by atoms with Gasteiger partial charge in [0.1, 0.15) is 24.0 Å². The lowest BCUT2D eigenvalue weighted by Crippen LogP contribution is -2.23. The zero-order chi connectivity index (χ0) is 24.6. The van der Waals surface area contributed by atoms with Crippen molar-refractivity contribution >= 4 is 11.5 Å². The van der Waals surface area contributed by atoms with Gasteiger partial charge in [-0.25, -0.2) is 14.4 Å². The first-order chi connectivity index (χ1) is 17.6. The summed E-state index contributed by atoms with van der Waals surface area (Å²) in [7, 11) is 0. The summed E-state index contributed by atoms with van der Waals surface area (Å²) >= 11 is 0. The Bertz CT molecular complexity index is 1470. The van der Waals surface area contributed by atoms with Crippen molar-refractivity contribution in [2.24, 2.45) is 0 Å². The van der Waals surface area contributed by atoms with E-state index in [-0.39, 0.29) is 12.4 Å². The van der Waals surface area contributed by atoms with Crippen molar-refractivity contribution in [2.75, 3.05) is 25.0 Å². The third kappa shape index (κ3) is 3.86. The van der Waals surface area contributed by atoms with E-state index >= 15 is 0 Å². The van der Waals surface area contributed by atoms with Gasteiger partial charge in [0.15, 0.2) is 5.69 Å². The predicted octanol–water partition coefficient (Wildman–Crippen LogP) is 5.11. The van der Waals surface area contributed by atoms with Crippen LogP contribution in [0.2, 0.25) is 0 Å². The number of rotatable bonds is 6. The van der Waals surface area contributed by atoms with Gasteiger partial charge < -0.3 is 10.1 Å². The van der Waals surface area contributed by atoms with Crippen LogP contribution in [-0.2, 0) is 13.0 Å². The second kappa shape index (κ2) is 9.25. The molecule has 1 N–H and O–H groups in total. The number of fused-ring (bicyclic) bond motifs is 2. The van der Waals surface area contributed by atoms with Crippen molar-refractivity contribution in [3.63, 3.8) is 0 Å². The first-order valence-corrected chi connectivity index (χ1v) is 12.4. The van der Waals surface area contributed by atoms with E-state index in [0.29, 0.717) is 41.8 Å². The maximum Gasteiger partial charge on any atom is 0.209 e. The Morgan fingerprint density at radius 2 is 1.94 bits per heavy atom. The minimum atomic E-state index is -0.272. The molecule has 2 aliphatic heterocycles. The standard InChI is InChI=1S/C28H27FN6O/c1-18(34-11-2-3-12-34)19-4-6-20(7-5-19)22-15-31-28(35-17-33-25(14-30)27(22)35)32-16-23-21-10-13-36-26(21)9-8-24(23)29/h4-9,15,17-18H,2-3,10-13,16H2,1H3,(H,31,32). The van der Waals surface area contributed by atoms with Crippen LogP contribution in [0.4, 0.5) is 10.3 Å². The average Bonchev–Trinajstić information content (AvgIpc) is 3.68. The maximum absolute atomic E-state index is 14.6. The molecule has 6 rings (SSSR count). The minimum absolute atomic E-state index is 0.253. The summed E-state index contributed by atoms with van der Waals surface area (Å²) in [5.41, 5.74) is 5.54. The Labute approximate surface area is 209 Å². The van der Waals surface area contributed by atoms with Crippen LogP contribution in [0.5, 0.6) is 5.75 Å². The van der Waals surface area contributed by atoms with E-state index in [0.717, 1.165) is 35.5 Å². The van der Waals surface area contributed by atoms with Gasteiger partial charge in [-0.3, -0.25) is 9.30 Å². The SMILES string of the molecule is CC(c1ccc(-c2cnc(NCc3c(F)ccc4c3CCO4)n3cnc(C#N)c23)cc1)N1CCCC1. The van der Waals surface area contributed by atoms with E-state index in [2.05, 4.69) is 57.4 Å². The molecule has 4 heterocycles. The number of benzene rings is 2. The van der Waals surface area contributed by atoms with Crippen LogP contribution in [0.3, 0.4) is 0 Å². The normalized spacial score (nSPS) is 16.0. The number of anilines is 1. The molecular weight excluding hydrogens is 455 g/mol. The molecule has 0 radical (unpaired) electrons. The van der Waals surface area contributed by atoms with Crippen molar-refractivity contribution in [2.45, 2.75) is 38.8 Å². The van der Waals surface area contributed by atoms with E-state index in [1.807, 2.05) is 0 Å². The molecule has 0 aliphatic carbocycles. The lowest BCUT2D eigenvalue weighted by atomic mass is 10.0. The molecule has 182 valence electrons. The number of nitrogens with zero attached hydrogens (tertiary/aromatic N) is 5. The summed E-state index contributed by atoms with van der Waals surface area (Å²) in [5.74, 6) is 0.961. The van der Waals surface area contributed by atoms with E-state index in [1.54, 1.807) is 23.0 Å². The van der Waals surface area contributed by atoms with Crippen molar-refractivity contribution in [1.82, 2.24) is 19.3 Å². The zero-order valence-electron chi connectivity index (χ0n) is 20.2. The first kappa shape index (κ1) is 22.5. The third-order valence-electron chi connectivity index (χ3n) is 7.43. The van der Waals surface area contributed by atoms with Crippen molar-refractivity contribution in [1.29, 1.82) is 5.26 Å². The molecule has 1 fully saturated rings. The van der Waals surface area contributed by atoms with E-state index in [4.69, 9.17) is 4.74 Å². The van der Waals surface area contributed by atoms with Crippen LogP contribution in [0.15, 0.2) is 48.9 Å². The molecule has 2 aliphatic rings. The molecule has 36 heavy (non-hydrogen) atoms. The Balaban J connectivity index is 1.31. The van der Waals surface area contributed by atoms with Crippen LogP contribution < -0.4 is 10.1 Å². The van der Waals surface area contributed by atoms with Gasteiger partial charge in [0.05, 0.1) is 12.1 Å². The largest absolute Gasteiger partial charge is 0.493 e. The summed E-state index contributed by atoms with van der Waals surface area (Å²) in [6, 6.07) is 14.2. The number of likely N-dealkylation sites (tertiary alicyclic amines) is 1. The number of nitrogens with one attached hydrogen (secondary N) is 1. The number of halogens is 1. The number of hydrogen-bond acceptors (Lipinski definition) is 6. The second-order valence-electron chi connectivity index (χ2n) is 9.41. The van der Waals surface area contributed by atoms with Gasteiger partial charge in [-0.2, -0.15) is 5.26 Å². The Hall–Kier alpha value is -3.96. The van der Waals surface area contributed by atoms with Gasteiger partial charge in [0.25, 0.3) is 0 Å². The van der Waals surface area contributed by atoms with Gasteiger partial charge in [0, 0.05) is 41.9 Å². The van der Waals surface area contributed by atoms with Crippen LogP contribution in [-0.4, -0.2) is 39.0 Å². The third-order valence-corrected chi connectivity index (χ3v) is 7.43. The molecule has 0 amide bonds. The summed E-state index contributed by atoms with van der Waals surface area (Å²) in [4.78, 5) is 11.5. The zero-order valence-corrected chi connectivity index (χ0v) is 20.2. The molecule has 2 aromatic heterocycles. The van der Waals surface area contributed by atoms with E-state index < -0.39 is 0 Å². The molecule has 0 spiro atoms.